The van der Waals surface area contributed by atoms with E-state index in [1.807, 2.05) is 0 Å². The molecule has 0 aromatic rings. The Hall–Kier alpha value is -0.0600. The van der Waals surface area contributed by atoms with Crippen LogP contribution in [0.5, 0.6) is 0 Å². The Balaban J connectivity index is 2.23. The van der Waals surface area contributed by atoms with Crippen LogP contribution < -0.4 is 0 Å². The highest BCUT2D eigenvalue weighted by Gasteiger charge is 2.53. The number of ether oxygens (including phenoxy) is 5. The number of esters is 2. The number of aliphatic hydroxyl groups excluding tert-OH is 1. The van der Waals surface area contributed by atoms with Crippen LogP contribution in [0, 0.1) is 0 Å². The van der Waals surface area contributed by atoms with Crippen LogP contribution in [-0.4, -0.2) is 70.3 Å². The molecule has 24 heavy (non-hydrogen) atoms. The van der Waals surface area contributed by atoms with Crippen LogP contribution in [0.1, 0.15) is 6.92 Å². The number of fused-ring (bicyclic) bond motifs is 1. The number of aliphatic hydroxyl groups is 1. The predicted octanol–water partition coefficient (Wildman–Crippen LogP) is 0.896. The first kappa shape index (κ1) is 20.3. The van der Waals surface area contributed by atoms with Crippen molar-refractivity contribution < 1.29 is 38.4 Å². The first-order valence-electron chi connectivity index (χ1n) is 6.78. The van der Waals surface area contributed by atoms with E-state index in [-0.39, 0.29) is 6.61 Å². The lowest BCUT2D eigenvalue weighted by atomic mass is 9.97. The molecule has 0 aromatic carbocycles. The van der Waals surface area contributed by atoms with Crippen molar-refractivity contribution in [2.45, 2.75) is 53.6 Å². The van der Waals surface area contributed by atoms with Crippen molar-refractivity contribution in [3.8, 4) is 0 Å². The van der Waals surface area contributed by atoms with Gasteiger partial charge in [-0.2, -0.15) is 0 Å². The summed E-state index contributed by atoms with van der Waals surface area (Å²) in [4.78, 5) is 20.4. The van der Waals surface area contributed by atoms with Gasteiger partial charge in [-0.3, -0.25) is 0 Å². The smallest absolute Gasteiger partial charge is 0.340 e. The Morgan fingerprint density at radius 1 is 1.04 bits per heavy atom. The highest BCUT2D eigenvalue weighted by molar-refractivity contribution is 6.53. The maximum Gasteiger partial charge on any atom is 0.340 e. The number of hydrogen-bond acceptors (Lipinski definition) is 8. The molecule has 0 spiro atoms. The van der Waals surface area contributed by atoms with Gasteiger partial charge in [-0.05, 0) is 6.92 Å². The third kappa shape index (κ3) is 4.76. The van der Waals surface area contributed by atoms with Gasteiger partial charge in [-0.25, -0.2) is 9.59 Å². The molecule has 0 radical (unpaired) electrons. The minimum atomic E-state index is -1.63. The number of alkyl halides is 4. The van der Waals surface area contributed by atoms with Gasteiger partial charge < -0.3 is 28.8 Å². The quantitative estimate of drug-likeness (QED) is 0.521. The van der Waals surface area contributed by atoms with Crippen molar-refractivity contribution in [3.05, 3.63) is 0 Å². The van der Waals surface area contributed by atoms with E-state index in [0.717, 1.165) is 0 Å². The van der Waals surface area contributed by atoms with E-state index in [1.165, 1.54) is 0 Å². The number of carbonyl (C=O) groups is 2. The topological polar surface area (TPSA) is 101 Å². The molecule has 12 heteroatoms. The summed E-state index contributed by atoms with van der Waals surface area (Å²) in [5.41, 5.74) is 0. The molecule has 0 amide bonds. The highest BCUT2D eigenvalue weighted by atomic mass is 35.5. The fourth-order valence-electron chi connectivity index (χ4n) is 2.32. The molecule has 6 unspecified atom stereocenters. The molecule has 2 saturated heterocycles. The lowest BCUT2D eigenvalue weighted by Gasteiger charge is -2.46. The van der Waals surface area contributed by atoms with Gasteiger partial charge in [0.05, 0.1) is 6.61 Å². The second-order valence-corrected chi connectivity index (χ2v) is 7.16. The summed E-state index contributed by atoms with van der Waals surface area (Å²) in [5.74, 6) is -2.06. The second kappa shape index (κ2) is 8.55. The average molecular weight is 428 g/mol. The van der Waals surface area contributed by atoms with Gasteiger partial charge in [0.25, 0.3) is 0 Å². The summed E-state index contributed by atoms with van der Waals surface area (Å²) in [7, 11) is 0. The summed E-state index contributed by atoms with van der Waals surface area (Å²) in [5, 5.41) is 10.1. The minimum absolute atomic E-state index is 0.0659. The fraction of sp³-hybridized carbons (Fsp3) is 0.833. The molecule has 6 atom stereocenters. The largest absolute Gasteiger partial charge is 0.453 e. The maximum atomic E-state index is 11.8. The first-order valence-corrected chi connectivity index (χ1v) is 8.53. The Bertz CT molecular complexity index is 476. The Morgan fingerprint density at radius 3 is 2.12 bits per heavy atom. The van der Waals surface area contributed by atoms with Crippen LogP contribution in [0.15, 0.2) is 0 Å². The van der Waals surface area contributed by atoms with Crippen molar-refractivity contribution in [2.24, 2.45) is 0 Å². The van der Waals surface area contributed by atoms with E-state index in [2.05, 4.69) is 0 Å². The van der Waals surface area contributed by atoms with Crippen LogP contribution in [0.2, 0.25) is 0 Å². The van der Waals surface area contributed by atoms with Gasteiger partial charge in [-0.1, -0.05) is 46.4 Å². The van der Waals surface area contributed by atoms with E-state index in [9.17, 15) is 14.7 Å². The molecule has 138 valence electrons. The van der Waals surface area contributed by atoms with Crippen LogP contribution in [0.3, 0.4) is 0 Å². The monoisotopic (exact) mass is 426 g/mol. The molecule has 2 heterocycles. The summed E-state index contributed by atoms with van der Waals surface area (Å²) < 4.78 is 26.2. The zero-order valence-electron chi connectivity index (χ0n) is 12.1. The third-order valence-corrected chi connectivity index (χ3v) is 4.03. The molecular weight excluding hydrogens is 414 g/mol. The normalized spacial score (nSPS) is 36.3. The summed E-state index contributed by atoms with van der Waals surface area (Å²) >= 11 is 21.8. The van der Waals surface area contributed by atoms with Crippen LogP contribution in [-0.2, 0) is 33.3 Å². The van der Waals surface area contributed by atoms with Crippen molar-refractivity contribution >= 4 is 58.3 Å². The molecular formula is C12H14Cl4O8. The highest BCUT2D eigenvalue weighted by Crippen LogP contribution is 2.32. The number of carbonyl (C=O) groups excluding carboxylic acids is 2. The van der Waals surface area contributed by atoms with E-state index in [1.54, 1.807) is 6.92 Å². The molecule has 2 aliphatic heterocycles. The zero-order valence-corrected chi connectivity index (χ0v) is 15.2. The second-order valence-electron chi connectivity index (χ2n) is 4.97. The summed E-state index contributed by atoms with van der Waals surface area (Å²) in [6, 6.07) is 0. The molecule has 2 aliphatic rings. The van der Waals surface area contributed by atoms with Crippen LogP contribution in [0.4, 0.5) is 0 Å². The van der Waals surface area contributed by atoms with E-state index in [4.69, 9.17) is 70.1 Å². The van der Waals surface area contributed by atoms with Gasteiger partial charge in [0.2, 0.25) is 9.67 Å². The van der Waals surface area contributed by atoms with Crippen molar-refractivity contribution in [3.63, 3.8) is 0 Å². The number of hydrogen-bond donors (Lipinski definition) is 1. The molecule has 0 aliphatic carbocycles. The van der Waals surface area contributed by atoms with Gasteiger partial charge in [0.15, 0.2) is 24.8 Å². The fourth-order valence-corrected chi connectivity index (χ4v) is 2.52. The Morgan fingerprint density at radius 2 is 1.58 bits per heavy atom. The summed E-state index contributed by atoms with van der Waals surface area (Å²) in [6.45, 7) is 1.68. The summed E-state index contributed by atoms with van der Waals surface area (Å²) in [6.07, 6.45) is -6.64. The van der Waals surface area contributed by atoms with Gasteiger partial charge >= 0.3 is 11.9 Å². The molecule has 2 fully saturated rings. The molecule has 1 N–H and O–H groups in total. The Labute approximate surface area is 157 Å². The maximum absolute atomic E-state index is 11.8. The van der Waals surface area contributed by atoms with Crippen LogP contribution in [0.25, 0.3) is 0 Å². The van der Waals surface area contributed by atoms with Gasteiger partial charge in [0.1, 0.15) is 12.2 Å². The van der Waals surface area contributed by atoms with Gasteiger partial charge in [0, 0.05) is 0 Å². The van der Waals surface area contributed by atoms with E-state index < -0.39 is 58.6 Å². The van der Waals surface area contributed by atoms with Gasteiger partial charge in [-0.15, -0.1) is 0 Å². The zero-order chi connectivity index (χ0) is 18.0. The molecule has 2 rings (SSSR count). The molecule has 8 nitrogen and oxygen atoms in total. The predicted molar refractivity (Wildman–Crippen MR) is 81.9 cm³/mol. The Kier molecular flexibility index (Phi) is 7.21. The number of rotatable bonds is 4. The van der Waals surface area contributed by atoms with Crippen LogP contribution >= 0.6 is 46.4 Å². The van der Waals surface area contributed by atoms with Crippen molar-refractivity contribution in [2.75, 3.05) is 6.61 Å². The molecule has 0 saturated carbocycles. The molecule has 0 aromatic heterocycles. The third-order valence-electron chi connectivity index (χ3n) is 3.31. The minimum Gasteiger partial charge on any atom is -0.453 e. The first-order chi connectivity index (χ1) is 11.2. The number of halogens is 4. The lowest BCUT2D eigenvalue weighted by molar-refractivity contribution is -0.350. The molecule has 0 bridgehead atoms. The lowest BCUT2D eigenvalue weighted by Crippen LogP contribution is -2.64. The van der Waals surface area contributed by atoms with E-state index in [0.29, 0.717) is 0 Å². The SMILES string of the molecule is CC1OCC2OC(O)C(OC(=O)C(Cl)Cl)C(OC(=O)C(Cl)Cl)C2O1. The van der Waals surface area contributed by atoms with Crippen molar-refractivity contribution in [1.82, 2.24) is 0 Å². The standard InChI is InChI=1S/C12H14Cl4O8/c1-3-20-2-4-5(21-3)6(23-11(18)8(13)14)7(10(17)22-4)24-12(19)9(15)16/h3-10,17H,2H2,1H3. The average Bonchev–Trinajstić information content (AvgIpc) is 2.50. The van der Waals surface area contributed by atoms with Crippen molar-refractivity contribution in [1.29, 1.82) is 0 Å². The van der Waals surface area contributed by atoms with E-state index >= 15 is 0 Å².